The van der Waals surface area contributed by atoms with Crippen molar-refractivity contribution in [2.75, 3.05) is 40.0 Å². The summed E-state index contributed by atoms with van der Waals surface area (Å²) < 4.78 is 13.1. The number of carbonyl (C=O) groups excluding carboxylic acids is 1. The van der Waals surface area contributed by atoms with Crippen LogP contribution >= 0.6 is 15.9 Å². The zero-order valence-electron chi connectivity index (χ0n) is 18.6. The van der Waals surface area contributed by atoms with E-state index < -0.39 is 5.91 Å². The van der Waals surface area contributed by atoms with E-state index in [0.717, 1.165) is 34.4 Å². The van der Waals surface area contributed by atoms with Crippen LogP contribution in [0.3, 0.4) is 0 Å². The summed E-state index contributed by atoms with van der Waals surface area (Å²) in [6.07, 6.45) is 1.48. The van der Waals surface area contributed by atoms with E-state index in [-0.39, 0.29) is 18.2 Å². The molecule has 2 heterocycles. The first-order valence-electron chi connectivity index (χ1n) is 10.6. The second-order valence-corrected chi connectivity index (χ2v) is 8.42. The number of aromatic hydroxyl groups is 1. The number of halogens is 1. The highest BCUT2D eigenvalue weighted by Gasteiger charge is 2.20. The topological polar surface area (TPSA) is 110 Å². The quantitative estimate of drug-likeness (QED) is 0.267. The van der Waals surface area contributed by atoms with Gasteiger partial charge in [0.1, 0.15) is 5.75 Å². The predicted molar refractivity (Wildman–Crippen MR) is 130 cm³/mol. The molecule has 0 aliphatic carbocycles. The third-order valence-electron chi connectivity index (χ3n) is 5.26. The average molecular weight is 530 g/mol. The Hall–Kier alpha value is -3.28. The summed E-state index contributed by atoms with van der Waals surface area (Å²) in [7, 11) is 1.59. The SMILES string of the molecule is COc1ccc(/C=N/OCC(=O)N=Nc2c(O)n(CN3CCOCC3)c3ccc(Br)cc23)cc1. The minimum absolute atomic E-state index is 0.0606. The highest BCUT2D eigenvalue weighted by atomic mass is 79.9. The standard InChI is InChI=1S/C23H24BrN5O5/c1-32-18-5-2-16(3-6-18)13-25-34-14-21(30)26-27-22-19-12-17(24)4-7-20(19)29(23(22)31)15-28-8-10-33-11-9-28/h2-7,12-13,31H,8-11,14-15H2,1H3/b25-13+,27-26?. The summed E-state index contributed by atoms with van der Waals surface area (Å²) in [5, 5.41) is 23.1. The van der Waals surface area contributed by atoms with Gasteiger partial charge in [-0.15, -0.1) is 10.2 Å². The van der Waals surface area contributed by atoms with Gasteiger partial charge in [0, 0.05) is 22.9 Å². The number of aromatic nitrogens is 1. The number of hydrogen-bond acceptors (Lipinski definition) is 8. The van der Waals surface area contributed by atoms with Gasteiger partial charge in [0.25, 0.3) is 0 Å². The number of methoxy groups -OCH3 is 1. The van der Waals surface area contributed by atoms with Crippen LogP contribution in [0.15, 0.2) is 62.3 Å². The van der Waals surface area contributed by atoms with Gasteiger partial charge in [-0.1, -0.05) is 21.1 Å². The van der Waals surface area contributed by atoms with Crippen molar-refractivity contribution in [3.63, 3.8) is 0 Å². The minimum Gasteiger partial charge on any atom is -0.497 e. The van der Waals surface area contributed by atoms with Crippen molar-refractivity contribution in [3.8, 4) is 11.6 Å². The zero-order valence-corrected chi connectivity index (χ0v) is 20.1. The Balaban J connectivity index is 1.44. The molecule has 178 valence electrons. The van der Waals surface area contributed by atoms with Crippen LogP contribution in [-0.4, -0.2) is 66.7 Å². The van der Waals surface area contributed by atoms with Crippen LogP contribution in [0.1, 0.15) is 5.56 Å². The number of hydrogen-bond donors (Lipinski definition) is 1. The molecule has 0 spiro atoms. The Kier molecular flexibility index (Phi) is 7.88. The smallest absolute Gasteiger partial charge is 0.304 e. The van der Waals surface area contributed by atoms with E-state index >= 15 is 0 Å². The molecule has 4 rings (SSSR count). The Morgan fingerprint density at radius 3 is 2.71 bits per heavy atom. The second-order valence-electron chi connectivity index (χ2n) is 7.51. The van der Waals surface area contributed by atoms with Gasteiger partial charge in [-0.25, -0.2) is 0 Å². The molecule has 1 N–H and O–H groups in total. The maximum Gasteiger partial charge on any atom is 0.304 e. The van der Waals surface area contributed by atoms with Crippen LogP contribution < -0.4 is 4.74 Å². The molecule has 10 nitrogen and oxygen atoms in total. The van der Waals surface area contributed by atoms with Crippen molar-refractivity contribution in [3.05, 3.63) is 52.5 Å². The first-order chi connectivity index (χ1) is 16.5. The van der Waals surface area contributed by atoms with Gasteiger partial charge in [-0.2, -0.15) is 0 Å². The lowest BCUT2D eigenvalue weighted by molar-refractivity contribution is -0.122. The number of fused-ring (bicyclic) bond motifs is 1. The van der Waals surface area contributed by atoms with E-state index in [2.05, 4.69) is 36.2 Å². The van der Waals surface area contributed by atoms with Gasteiger partial charge < -0.3 is 19.4 Å². The number of oxime groups is 1. The van der Waals surface area contributed by atoms with Gasteiger partial charge in [-0.05, 0) is 48.0 Å². The fraction of sp³-hybridized carbons (Fsp3) is 0.304. The van der Waals surface area contributed by atoms with Crippen LogP contribution in [0.2, 0.25) is 0 Å². The van der Waals surface area contributed by atoms with Gasteiger partial charge >= 0.3 is 5.91 Å². The molecule has 34 heavy (non-hydrogen) atoms. The van der Waals surface area contributed by atoms with E-state index in [1.54, 1.807) is 35.9 Å². The average Bonchev–Trinajstić information content (AvgIpc) is 3.11. The predicted octanol–water partition coefficient (Wildman–Crippen LogP) is 4.07. The Morgan fingerprint density at radius 1 is 1.21 bits per heavy atom. The van der Waals surface area contributed by atoms with E-state index in [1.165, 1.54) is 6.21 Å². The Morgan fingerprint density at radius 2 is 1.97 bits per heavy atom. The summed E-state index contributed by atoms with van der Waals surface area (Å²) in [5.74, 6) is 0.0418. The van der Waals surface area contributed by atoms with Crippen molar-refractivity contribution in [1.29, 1.82) is 0 Å². The molecule has 0 unspecified atom stereocenters. The third kappa shape index (κ3) is 5.79. The number of nitrogens with zero attached hydrogens (tertiary/aromatic N) is 5. The summed E-state index contributed by atoms with van der Waals surface area (Å²) in [5.41, 5.74) is 1.80. The highest BCUT2D eigenvalue weighted by Crippen LogP contribution is 2.40. The molecule has 1 aliphatic rings. The number of rotatable bonds is 8. The van der Waals surface area contributed by atoms with E-state index in [9.17, 15) is 9.90 Å². The maximum atomic E-state index is 12.2. The Bertz CT molecular complexity index is 1200. The first kappa shape index (κ1) is 23.9. The van der Waals surface area contributed by atoms with Gasteiger partial charge in [0.05, 0.1) is 38.7 Å². The molecule has 0 bridgehead atoms. The number of ether oxygens (including phenoxy) is 2. The lowest BCUT2D eigenvalue weighted by Crippen LogP contribution is -2.37. The molecule has 3 aromatic rings. The minimum atomic E-state index is -0.629. The van der Waals surface area contributed by atoms with Gasteiger partial charge in [-0.3, -0.25) is 14.3 Å². The molecule has 2 aromatic carbocycles. The van der Waals surface area contributed by atoms with Crippen LogP contribution in [0.4, 0.5) is 5.69 Å². The maximum absolute atomic E-state index is 12.2. The first-order valence-corrected chi connectivity index (χ1v) is 11.4. The number of amides is 1. The summed E-state index contributed by atoms with van der Waals surface area (Å²) in [6, 6.07) is 12.8. The summed E-state index contributed by atoms with van der Waals surface area (Å²) >= 11 is 3.45. The van der Waals surface area contributed by atoms with E-state index in [1.807, 2.05) is 18.2 Å². The molecule has 0 radical (unpaired) electrons. The largest absolute Gasteiger partial charge is 0.497 e. The summed E-state index contributed by atoms with van der Waals surface area (Å²) in [6.45, 7) is 2.91. The number of morpholine rings is 1. The molecule has 11 heteroatoms. The van der Waals surface area contributed by atoms with Crippen molar-refractivity contribution in [1.82, 2.24) is 9.47 Å². The van der Waals surface area contributed by atoms with Crippen LogP contribution in [0, 0.1) is 0 Å². The molecule has 1 aromatic heterocycles. The van der Waals surface area contributed by atoms with Crippen molar-refractivity contribution < 1.29 is 24.2 Å². The van der Waals surface area contributed by atoms with Crippen molar-refractivity contribution >= 4 is 44.6 Å². The Labute approximate surface area is 204 Å². The monoisotopic (exact) mass is 529 g/mol. The molecule has 1 amide bonds. The molecule has 1 fully saturated rings. The van der Waals surface area contributed by atoms with Crippen LogP contribution in [0.5, 0.6) is 11.6 Å². The highest BCUT2D eigenvalue weighted by molar-refractivity contribution is 9.10. The van der Waals surface area contributed by atoms with Crippen LogP contribution in [0.25, 0.3) is 10.9 Å². The van der Waals surface area contributed by atoms with Gasteiger partial charge in [0.2, 0.25) is 5.88 Å². The second kappa shape index (κ2) is 11.2. The number of azo groups is 1. The molecule has 1 aliphatic heterocycles. The van der Waals surface area contributed by atoms with E-state index in [0.29, 0.717) is 25.3 Å². The fourth-order valence-electron chi connectivity index (χ4n) is 3.50. The molecular weight excluding hydrogens is 506 g/mol. The number of carbonyl (C=O) groups is 1. The van der Waals surface area contributed by atoms with Crippen LogP contribution in [-0.2, 0) is 21.0 Å². The molecular formula is C23H24BrN5O5. The lowest BCUT2D eigenvalue weighted by Gasteiger charge is -2.27. The van der Waals surface area contributed by atoms with E-state index in [4.69, 9.17) is 14.3 Å². The lowest BCUT2D eigenvalue weighted by atomic mass is 10.2. The molecule has 0 saturated carbocycles. The van der Waals surface area contributed by atoms with Crippen molar-refractivity contribution in [2.24, 2.45) is 15.4 Å². The summed E-state index contributed by atoms with van der Waals surface area (Å²) in [4.78, 5) is 19.4. The fourth-order valence-corrected chi connectivity index (χ4v) is 3.86. The zero-order chi connectivity index (χ0) is 23.9. The van der Waals surface area contributed by atoms with Crippen molar-refractivity contribution in [2.45, 2.75) is 6.67 Å². The normalized spacial score (nSPS) is 14.9. The number of benzene rings is 2. The molecule has 1 saturated heterocycles. The van der Waals surface area contributed by atoms with Gasteiger partial charge in [0.15, 0.2) is 12.3 Å². The molecule has 0 atom stereocenters. The third-order valence-corrected chi connectivity index (χ3v) is 5.75.